The van der Waals surface area contributed by atoms with Gasteiger partial charge in [0.2, 0.25) is 5.78 Å². The van der Waals surface area contributed by atoms with Crippen molar-refractivity contribution in [3.63, 3.8) is 0 Å². The van der Waals surface area contributed by atoms with Gasteiger partial charge in [0.05, 0.1) is 22.0 Å². The van der Waals surface area contributed by atoms with E-state index in [1.807, 2.05) is 0 Å². The van der Waals surface area contributed by atoms with Gasteiger partial charge in [-0.2, -0.15) is 10.4 Å². The maximum atomic E-state index is 13.3. The smallest absolute Gasteiger partial charge is 0.287 e. The molecule has 0 radical (unpaired) electrons. The van der Waals surface area contributed by atoms with E-state index in [1.165, 1.54) is 24.3 Å². The number of Topliss-reactive ketones (excluding diaryl/α,β-unsaturated/α-hetero) is 1. The molecule has 1 aliphatic rings. The third kappa shape index (κ3) is 3.87. The summed E-state index contributed by atoms with van der Waals surface area (Å²) in [4.78, 5) is 56.2. The Morgan fingerprint density at radius 1 is 1.16 bits per heavy atom. The summed E-state index contributed by atoms with van der Waals surface area (Å²) in [6.45, 7) is 0. The molecule has 3 amide bonds. The topological polar surface area (TPSA) is 133 Å². The molecule has 11 heteroatoms. The van der Waals surface area contributed by atoms with Crippen LogP contribution in [0.1, 0.15) is 17.3 Å². The lowest BCUT2D eigenvalue weighted by atomic mass is 9.92. The van der Waals surface area contributed by atoms with Gasteiger partial charge in [-0.25, -0.2) is 15.3 Å². The summed E-state index contributed by atoms with van der Waals surface area (Å²) in [6.07, 6.45) is -0.495. The number of piperidine rings is 1. The lowest BCUT2D eigenvalue weighted by Gasteiger charge is -2.29. The highest BCUT2D eigenvalue weighted by molar-refractivity contribution is 7.19. The van der Waals surface area contributed by atoms with Gasteiger partial charge in [-0.1, -0.05) is 23.7 Å². The molecule has 1 fully saturated rings. The number of nitriles is 1. The molecule has 158 valence electrons. The van der Waals surface area contributed by atoms with Gasteiger partial charge in [0.25, 0.3) is 11.8 Å². The number of aromatic nitrogens is 1. The highest BCUT2D eigenvalue weighted by Gasteiger charge is 2.48. The number of ketones is 1. The Morgan fingerprint density at radius 2 is 1.88 bits per heavy atom. The molecule has 0 aliphatic carbocycles. The minimum absolute atomic E-state index is 0.122. The van der Waals surface area contributed by atoms with E-state index in [2.05, 4.69) is 15.5 Å². The van der Waals surface area contributed by atoms with Gasteiger partial charge in [-0.05, 0) is 36.4 Å². The van der Waals surface area contributed by atoms with Crippen LogP contribution in [-0.2, 0) is 19.2 Å². The monoisotopic (exact) mass is 465 g/mol. The number of carbonyl (C=O) groups excluding carboxylic acids is 4. The molecular formula is C21H12ClN5O4S. The van der Waals surface area contributed by atoms with Crippen molar-refractivity contribution < 1.29 is 19.2 Å². The largest absolute Gasteiger partial charge is 0.302 e. The summed E-state index contributed by atoms with van der Waals surface area (Å²) in [5.41, 5.74) is 2.44. The van der Waals surface area contributed by atoms with Crippen LogP contribution in [-0.4, -0.2) is 34.2 Å². The number of imide groups is 1. The van der Waals surface area contributed by atoms with E-state index < -0.39 is 35.8 Å². The van der Waals surface area contributed by atoms with Gasteiger partial charge in [0.15, 0.2) is 0 Å². The molecule has 4 rings (SSSR count). The van der Waals surface area contributed by atoms with Crippen molar-refractivity contribution >= 4 is 68.1 Å². The Morgan fingerprint density at radius 3 is 2.56 bits per heavy atom. The predicted molar refractivity (Wildman–Crippen MR) is 117 cm³/mol. The summed E-state index contributed by atoms with van der Waals surface area (Å²) in [5.74, 6) is -5.02. The Labute approximate surface area is 189 Å². The molecule has 1 saturated heterocycles. The maximum Gasteiger partial charge on any atom is 0.302 e. The van der Waals surface area contributed by atoms with E-state index in [1.54, 1.807) is 30.3 Å². The van der Waals surface area contributed by atoms with Crippen LogP contribution < -0.4 is 10.3 Å². The van der Waals surface area contributed by atoms with Crippen LogP contribution in [0.3, 0.4) is 0 Å². The fourth-order valence-corrected chi connectivity index (χ4v) is 4.30. The van der Waals surface area contributed by atoms with Crippen molar-refractivity contribution in [1.82, 2.24) is 10.4 Å². The second-order valence-electron chi connectivity index (χ2n) is 6.61. The van der Waals surface area contributed by atoms with E-state index in [0.717, 1.165) is 16.0 Å². The Balaban J connectivity index is 1.81. The number of amides is 3. The number of carbonyl (C=O) groups is 4. The van der Waals surface area contributed by atoms with Gasteiger partial charge in [-0.3, -0.25) is 19.2 Å². The van der Waals surface area contributed by atoms with Crippen LogP contribution in [0, 0.1) is 11.3 Å². The van der Waals surface area contributed by atoms with Crippen molar-refractivity contribution in [2.24, 2.45) is 5.10 Å². The van der Waals surface area contributed by atoms with Gasteiger partial charge >= 0.3 is 5.91 Å². The van der Waals surface area contributed by atoms with E-state index in [9.17, 15) is 19.2 Å². The Hall–Kier alpha value is -3.94. The zero-order valence-corrected chi connectivity index (χ0v) is 17.7. The van der Waals surface area contributed by atoms with E-state index in [0.29, 0.717) is 15.4 Å². The predicted octanol–water partition coefficient (Wildman–Crippen LogP) is 2.56. The highest BCUT2D eigenvalue weighted by atomic mass is 35.5. The molecule has 32 heavy (non-hydrogen) atoms. The van der Waals surface area contributed by atoms with E-state index in [4.69, 9.17) is 16.9 Å². The number of anilines is 1. The minimum atomic E-state index is -1.39. The zero-order valence-electron chi connectivity index (χ0n) is 16.1. The fourth-order valence-electron chi connectivity index (χ4n) is 3.10. The molecule has 0 saturated carbocycles. The average Bonchev–Trinajstić information content (AvgIpc) is 3.20. The van der Waals surface area contributed by atoms with Gasteiger partial charge in [-0.15, -0.1) is 11.3 Å². The lowest BCUT2D eigenvalue weighted by Crippen LogP contribution is -2.55. The maximum absolute atomic E-state index is 13.3. The quantitative estimate of drug-likeness (QED) is 0.357. The number of para-hydroxylation sites is 1. The average molecular weight is 466 g/mol. The number of hydrazone groups is 1. The van der Waals surface area contributed by atoms with Gasteiger partial charge < -0.3 is 0 Å². The van der Waals surface area contributed by atoms with Crippen LogP contribution in [0.25, 0.3) is 10.2 Å². The van der Waals surface area contributed by atoms with Crippen LogP contribution in [0.4, 0.5) is 5.69 Å². The number of benzene rings is 2. The van der Waals surface area contributed by atoms with Crippen molar-refractivity contribution in [3.8, 4) is 6.07 Å². The molecule has 1 aliphatic heterocycles. The number of halogens is 1. The molecule has 1 atom stereocenters. The summed E-state index contributed by atoms with van der Waals surface area (Å²) >= 11 is 7.02. The summed E-state index contributed by atoms with van der Waals surface area (Å²) in [6, 6.07) is 14.5. The van der Waals surface area contributed by atoms with Crippen molar-refractivity contribution in [3.05, 3.63) is 58.6 Å². The molecule has 1 N–H and O–H groups in total. The third-order valence-electron chi connectivity index (χ3n) is 4.55. The Bertz CT molecular complexity index is 1310. The van der Waals surface area contributed by atoms with E-state index >= 15 is 0 Å². The summed E-state index contributed by atoms with van der Waals surface area (Å²) in [5, 5.41) is 13.1. The molecule has 2 heterocycles. The molecule has 0 spiro atoms. The molecule has 3 aromatic rings. The number of nitrogens with one attached hydrogen (secondary N) is 1. The van der Waals surface area contributed by atoms with Crippen molar-refractivity contribution in [1.29, 1.82) is 5.26 Å². The number of hydrogen-bond donors (Lipinski definition) is 1. The van der Waals surface area contributed by atoms with E-state index in [-0.39, 0.29) is 16.4 Å². The molecule has 1 aromatic heterocycles. The van der Waals surface area contributed by atoms with Gasteiger partial charge in [0, 0.05) is 5.02 Å². The normalized spacial score (nSPS) is 17.6. The van der Waals surface area contributed by atoms with Crippen LogP contribution in [0.15, 0.2) is 53.6 Å². The molecule has 0 bridgehead atoms. The Kier molecular flexibility index (Phi) is 5.77. The first-order chi connectivity index (χ1) is 15.4. The second kappa shape index (κ2) is 8.66. The standard InChI is InChI=1S/C21H12ClN5O4S/c22-11-5-7-12(8-6-11)27-20(30)17(26-25-15(28)9-10-23)16(18(29)21(27)31)19-24-13-3-1-2-4-14(13)32-19/h1-8,16H,9H2,(H,25,28)/b26-17+/t16-/m1/s1. The first-order valence-corrected chi connectivity index (χ1v) is 10.4. The van der Waals surface area contributed by atoms with Gasteiger partial charge in [0.1, 0.15) is 23.1 Å². The summed E-state index contributed by atoms with van der Waals surface area (Å²) < 4.78 is 0.753. The molecule has 2 aromatic carbocycles. The van der Waals surface area contributed by atoms with Crippen LogP contribution >= 0.6 is 22.9 Å². The number of rotatable bonds is 4. The van der Waals surface area contributed by atoms with Crippen LogP contribution in [0.5, 0.6) is 0 Å². The first kappa shape index (κ1) is 21.3. The third-order valence-corrected chi connectivity index (χ3v) is 5.91. The number of fused-ring (bicyclic) bond motifs is 1. The number of thiazole rings is 1. The lowest BCUT2D eigenvalue weighted by molar-refractivity contribution is -0.139. The first-order valence-electron chi connectivity index (χ1n) is 9.17. The summed E-state index contributed by atoms with van der Waals surface area (Å²) in [7, 11) is 0. The molecule has 0 unspecified atom stereocenters. The molecular weight excluding hydrogens is 454 g/mol. The fraction of sp³-hybridized carbons (Fsp3) is 0.0952. The highest BCUT2D eigenvalue weighted by Crippen LogP contribution is 2.33. The number of hydrogen-bond acceptors (Lipinski definition) is 8. The number of nitrogens with zero attached hydrogens (tertiary/aromatic N) is 4. The second-order valence-corrected chi connectivity index (χ2v) is 8.10. The SMILES string of the molecule is N#CCC(=O)N/N=C1/C(=O)N(c2ccc(Cl)cc2)C(=O)C(=O)[C@@H]1c1nc2ccccc2s1. The van der Waals surface area contributed by atoms with Crippen LogP contribution in [0.2, 0.25) is 5.02 Å². The van der Waals surface area contributed by atoms with Crippen molar-refractivity contribution in [2.75, 3.05) is 4.90 Å². The van der Waals surface area contributed by atoms with Crippen molar-refractivity contribution in [2.45, 2.75) is 12.3 Å². The molecule has 9 nitrogen and oxygen atoms in total. The zero-order chi connectivity index (χ0) is 22.8. The minimum Gasteiger partial charge on any atom is -0.287 e.